The predicted octanol–water partition coefficient (Wildman–Crippen LogP) is 9.05. The third-order valence-corrected chi connectivity index (χ3v) is 9.42. The molecule has 0 spiro atoms. The van der Waals surface area contributed by atoms with Crippen molar-refractivity contribution in [2.45, 2.75) is 90.9 Å². The molecule has 12 heteroatoms. The van der Waals surface area contributed by atoms with E-state index in [1.165, 1.54) is 64.2 Å². The highest BCUT2D eigenvalue weighted by molar-refractivity contribution is 8.02. The summed E-state index contributed by atoms with van der Waals surface area (Å²) in [6.07, 6.45) is 15.2. The minimum atomic E-state index is -4.62. The third-order valence-electron chi connectivity index (χ3n) is 7.04. The Labute approximate surface area is 282 Å². The molecule has 0 radical (unpaired) electrons. The summed E-state index contributed by atoms with van der Waals surface area (Å²) < 4.78 is 66.2. The number of hydrogen-bond donors (Lipinski definition) is 3. The molecular formula is C35H52N2O8S2. The van der Waals surface area contributed by atoms with E-state index in [-0.39, 0.29) is 0 Å². The zero-order chi connectivity index (χ0) is 34.4. The highest BCUT2D eigenvalue weighted by Crippen LogP contribution is 2.29. The summed E-state index contributed by atoms with van der Waals surface area (Å²) in [6, 6.07) is 26.9. The number of rotatable bonds is 22. The van der Waals surface area contributed by atoms with Gasteiger partial charge < -0.3 is 9.47 Å². The molecule has 0 heterocycles. The molecule has 0 saturated carbocycles. The summed E-state index contributed by atoms with van der Waals surface area (Å²) in [5, 5.41) is 0.449. The summed E-state index contributed by atoms with van der Waals surface area (Å²) in [5.41, 5.74) is 6.67. The van der Waals surface area contributed by atoms with E-state index in [0.717, 1.165) is 54.6 Å². The smallest absolute Gasteiger partial charge is 0.281 e. The molecule has 10 nitrogen and oxygen atoms in total. The van der Waals surface area contributed by atoms with Crippen LogP contribution in [0.15, 0.2) is 78.9 Å². The molecule has 0 aliphatic rings. The van der Waals surface area contributed by atoms with Crippen LogP contribution < -0.4 is 19.9 Å². The largest absolute Gasteiger partial charge is 0.494 e. The van der Waals surface area contributed by atoms with Crippen LogP contribution in [0, 0.1) is 0 Å². The van der Waals surface area contributed by atoms with Crippen molar-refractivity contribution in [2.75, 3.05) is 28.7 Å². The Balaban J connectivity index is 0.000000745. The molecule has 0 aromatic heterocycles. The van der Waals surface area contributed by atoms with Gasteiger partial charge >= 0.3 is 0 Å². The topological polar surface area (TPSA) is 142 Å². The summed E-state index contributed by atoms with van der Waals surface area (Å²) in [7, 11) is -9.24. The second kappa shape index (κ2) is 22.3. The van der Waals surface area contributed by atoms with Gasteiger partial charge in [-0.2, -0.15) is 16.8 Å². The maximum atomic E-state index is 9.66. The van der Waals surface area contributed by atoms with Crippen LogP contribution in [-0.2, 0) is 20.2 Å². The fraction of sp³-hybridized carbons (Fsp3) is 0.486. The number of nitrogens with one attached hydrogen (secondary N) is 1. The molecule has 0 amide bonds. The molecule has 0 aliphatic heterocycles. The molecule has 3 aromatic carbocycles. The van der Waals surface area contributed by atoms with Gasteiger partial charge in [-0.05, 0) is 73.5 Å². The molecule has 262 valence electrons. The summed E-state index contributed by atoms with van der Waals surface area (Å²) in [6.45, 7) is 6.06. The molecular weight excluding hydrogens is 641 g/mol. The Morgan fingerprint density at radius 1 is 0.553 bits per heavy atom. The lowest BCUT2D eigenvalue weighted by Crippen LogP contribution is -2.24. The number of hydrogen-bond acceptors (Lipinski definition) is 8. The van der Waals surface area contributed by atoms with Crippen molar-refractivity contribution in [1.29, 1.82) is 0 Å². The first-order valence-corrected chi connectivity index (χ1v) is 19.7. The van der Waals surface area contributed by atoms with Crippen LogP contribution in [-0.4, -0.2) is 44.2 Å². The predicted molar refractivity (Wildman–Crippen MR) is 191 cm³/mol. The monoisotopic (exact) mass is 692 g/mol. The normalized spacial score (nSPS) is 11.3. The lowest BCUT2D eigenvalue weighted by molar-refractivity contribution is 0.304. The van der Waals surface area contributed by atoms with Crippen molar-refractivity contribution in [1.82, 2.24) is 0 Å². The van der Waals surface area contributed by atoms with Crippen LogP contribution in [0.1, 0.15) is 90.9 Å². The van der Waals surface area contributed by atoms with Gasteiger partial charge in [0.2, 0.25) is 5.08 Å². The van der Waals surface area contributed by atoms with E-state index in [1.54, 1.807) is 0 Å². The van der Waals surface area contributed by atoms with E-state index in [4.69, 9.17) is 18.6 Å². The summed E-state index contributed by atoms with van der Waals surface area (Å²) >= 11 is 0. The minimum Gasteiger partial charge on any atom is -0.494 e. The number of anilines is 3. The second-order valence-corrected chi connectivity index (χ2v) is 14.6. The number of para-hydroxylation sites is 1. The van der Waals surface area contributed by atoms with Crippen LogP contribution in [0.4, 0.5) is 17.1 Å². The highest BCUT2D eigenvalue weighted by atomic mass is 32.3. The first-order valence-electron chi connectivity index (χ1n) is 16.5. The first kappa shape index (κ1) is 39.9. The average Bonchev–Trinajstić information content (AvgIpc) is 3.03. The van der Waals surface area contributed by atoms with Crippen molar-refractivity contribution in [2.24, 2.45) is 0 Å². The van der Waals surface area contributed by atoms with Crippen LogP contribution in [0.2, 0.25) is 0 Å². The first-order chi connectivity index (χ1) is 22.5. The molecule has 3 aromatic rings. The van der Waals surface area contributed by atoms with Crippen molar-refractivity contribution in [3.05, 3.63) is 78.9 Å². The lowest BCUT2D eigenvalue weighted by atomic mass is 10.1. The molecule has 0 saturated heterocycles. The fourth-order valence-corrected chi connectivity index (χ4v) is 6.14. The number of nitrogens with zero attached hydrogens (tertiary/aromatic N) is 1. The van der Waals surface area contributed by atoms with Gasteiger partial charge in [0.1, 0.15) is 11.5 Å². The second-order valence-electron chi connectivity index (χ2n) is 11.3. The Bertz CT molecular complexity index is 1360. The van der Waals surface area contributed by atoms with Gasteiger partial charge in [-0.25, -0.2) is 0 Å². The third kappa shape index (κ3) is 19.2. The van der Waals surface area contributed by atoms with Gasteiger partial charge in [0.15, 0.2) is 0 Å². The molecule has 0 aliphatic carbocycles. The molecule has 47 heavy (non-hydrogen) atoms. The lowest BCUT2D eigenvalue weighted by Gasteiger charge is -2.27. The maximum Gasteiger partial charge on any atom is 0.281 e. The number of benzene rings is 3. The SMILES string of the molecule is CCCCCCCCOc1ccc(N(Nc2ccccc2)c2ccc(OCCCCCCCC)cc2)cc1.O=S(=O)(O)CS(=O)(=O)O. The van der Waals surface area contributed by atoms with Gasteiger partial charge in [-0.15, -0.1) is 0 Å². The maximum absolute atomic E-state index is 9.66. The van der Waals surface area contributed by atoms with Gasteiger partial charge in [-0.1, -0.05) is 96.3 Å². The fourth-order valence-electron chi connectivity index (χ4n) is 4.64. The van der Waals surface area contributed by atoms with Crippen molar-refractivity contribution in [3.63, 3.8) is 0 Å². The van der Waals surface area contributed by atoms with Gasteiger partial charge in [0, 0.05) is 0 Å². The Morgan fingerprint density at radius 3 is 1.30 bits per heavy atom. The van der Waals surface area contributed by atoms with Crippen LogP contribution in [0.5, 0.6) is 11.5 Å². The zero-order valence-electron chi connectivity index (χ0n) is 27.7. The van der Waals surface area contributed by atoms with Crippen molar-refractivity contribution < 1.29 is 35.4 Å². The quantitative estimate of drug-likeness (QED) is 0.0530. The van der Waals surface area contributed by atoms with E-state index in [9.17, 15) is 16.8 Å². The standard InChI is InChI=1S/C34H48N2O2.CH4O6S2/c1-3-5-7-9-11-16-28-37-33-24-20-31(21-25-33)36(35-30-18-14-13-15-19-30)32-22-26-34(27-23-32)38-29-17-12-10-8-6-4-2;2-8(3,4)1-9(5,6)7/h13-15,18-27,35H,3-12,16-17,28-29H2,1-2H3;1H2,(H,2,3,4)(H,5,6,7). The minimum absolute atomic E-state index is 0.775. The van der Waals surface area contributed by atoms with E-state index < -0.39 is 25.3 Å². The van der Waals surface area contributed by atoms with Crippen LogP contribution >= 0.6 is 0 Å². The number of hydrazine groups is 1. The Morgan fingerprint density at radius 2 is 0.936 bits per heavy atom. The molecule has 0 unspecified atom stereocenters. The van der Waals surface area contributed by atoms with Crippen LogP contribution in [0.3, 0.4) is 0 Å². The molecule has 0 atom stereocenters. The van der Waals surface area contributed by atoms with Crippen molar-refractivity contribution in [3.8, 4) is 11.5 Å². The Hall–Kier alpha value is -3.32. The molecule has 0 fully saturated rings. The zero-order valence-corrected chi connectivity index (χ0v) is 29.4. The van der Waals surface area contributed by atoms with Gasteiger partial charge in [0.25, 0.3) is 20.2 Å². The van der Waals surface area contributed by atoms with Gasteiger partial charge in [0.05, 0.1) is 30.3 Å². The number of unbranched alkanes of at least 4 members (excludes halogenated alkanes) is 10. The molecule has 0 bridgehead atoms. The molecule has 3 rings (SSSR count). The van der Waals surface area contributed by atoms with Crippen LogP contribution in [0.25, 0.3) is 0 Å². The van der Waals surface area contributed by atoms with Gasteiger partial charge in [-0.3, -0.25) is 19.5 Å². The highest BCUT2D eigenvalue weighted by Gasteiger charge is 2.15. The average molecular weight is 693 g/mol. The molecule has 3 N–H and O–H groups in total. The van der Waals surface area contributed by atoms with E-state index in [1.807, 2.05) is 18.2 Å². The number of ether oxygens (including phenoxy) is 2. The van der Waals surface area contributed by atoms with E-state index in [2.05, 4.69) is 84.9 Å². The summed E-state index contributed by atoms with van der Waals surface area (Å²) in [5.74, 6) is 1.83. The van der Waals surface area contributed by atoms with E-state index in [0.29, 0.717) is 0 Å². The Kier molecular flexibility index (Phi) is 18.9. The summed E-state index contributed by atoms with van der Waals surface area (Å²) in [4.78, 5) is 0. The van der Waals surface area contributed by atoms with Crippen molar-refractivity contribution >= 4 is 37.3 Å². The van der Waals surface area contributed by atoms with E-state index >= 15 is 0 Å².